The van der Waals surface area contributed by atoms with E-state index < -0.39 is 0 Å². The summed E-state index contributed by atoms with van der Waals surface area (Å²) in [5, 5.41) is 4.98. The Kier molecular flexibility index (Phi) is 4.65. The highest BCUT2D eigenvalue weighted by atomic mass is 32.2. The van der Waals surface area contributed by atoms with Crippen molar-refractivity contribution in [1.29, 1.82) is 0 Å². The van der Waals surface area contributed by atoms with Crippen LogP contribution in [0.4, 0.5) is 0 Å². The van der Waals surface area contributed by atoms with E-state index in [2.05, 4.69) is 58.8 Å². The first kappa shape index (κ1) is 17.8. The second-order valence-electron chi connectivity index (χ2n) is 7.53. The molecule has 0 radical (unpaired) electrons. The molecule has 5 heteroatoms. The first-order chi connectivity index (χ1) is 13.7. The summed E-state index contributed by atoms with van der Waals surface area (Å²) in [6, 6.07) is 10.9. The number of aromatic nitrogens is 2. The number of ether oxygens (including phenoxy) is 1. The van der Waals surface area contributed by atoms with Gasteiger partial charge in [-0.15, -0.1) is 0 Å². The predicted octanol–water partition coefficient (Wildman–Crippen LogP) is 4.62. The highest BCUT2D eigenvalue weighted by Gasteiger charge is 2.14. The fourth-order valence-electron chi connectivity index (χ4n) is 4.41. The van der Waals surface area contributed by atoms with E-state index in [0.717, 1.165) is 18.9 Å². The fourth-order valence-corrected chi connectivity index (χ4v) is 5.38. The number of aryl methyl sites for hydroxylation is 2. The summed E-state index contributed by atoms with van der Waals surface area (Å²) in [5.41, 5.74) is 3.83. The van der Waals surface area contributed by atoms with Crippen LogP contribution in [0.1, 0.15) is 5.56 Å². The van der Waals surface area contributed by atoms with Crippen molar-refractivity contribution in [3.63, 3.8) is 0 Å². The molecule has 0 amide bonds. The lowest BCUT2D eigenvalue weighted by Gasteiger charge is -2.25. The number of nitrogens with zero attached hydrogens (tertiary/aromatic N) is 3. The molecule has 1 aliphatic rings. The Labute approximate surface area is 169 Å². The van der Waals surface area contributed by atoms with Gasteiger partial charge in [-0.3, -0.25) is 9.88 Å². The summed E-state index contributed by atoms with van der Waals surface area (Å²) in [7, 11) is 2.15. The van der Waals surface area contributed by atoms with Crippen LogP contribution in [0.25, 0.3) is 32.6 Å². The number of hydrogen-bond donors (Lipinski definition) is 0. The minimum atomic E-state index is 0.743. The van der Waals surface area contributed by atoms with Gasteiger partial charge in [-0.05, 0) is 48.2 Å². The molecule has 0 atom stereocenters. The Morgan fingerprint density at radius 2 is 1.93 bits per heavy atom. The lowest BCUT2D eigenvalue weighted by atomic mass is 10.0. The topological polar surface area (TPSA) is 30.3 Å². The smallest absolute Gasteiger partial charge is 0.120 e. The van der Waals surface area contributed by atoms with Crippen molar-refractivity contribution in [2.45, 2.75) is 6.92 Å². The van der Waals surface area contributed by atoms with Gasteiger partial charge in [0.1, 0.15) is 12.4 Å². The van der Waals surface area contributed by atoms with Gasteiger partial charge in [0.05, 0.1) is 5.52 Å². The molecule has 1 aliphatic heterocycles. The summed E-state index contributed by atoms with van der Waals surface area (Å²) in [6.07, 6.45) is 3.83. The molecule has 144 valence electrons. The van der Waals surface area contributed by atoms with Crippen molar-refractivity contribution >= 4 is 44.3 Å². The lowest BCUT2D eigenvalue weighted by Crippen LogP contribution is -2.35. The number of thioether (sulfide) groups is 1. The van der Waals surface area contributed by atoms with Crippen molar-refractivity contribution in [2.75, 3.05) is 37.7 Å². The van der Waals surface area contributed by atoms with Crippen molar-refractivity contribution in [3.8, 4) is 5.75 Å². The van der Waals surface area contributed by atoms with Crippen LogP contribution in [0.2, 0.25) is 0 Å². The van der Waals surface area contributed by atoms with Gasteiger partial charge in [-0.1, -0.05) is 0 Å². The van der Waals surface area contributed by atoms with Gasteiger partial charge in [0.2, 0.25) is 0 Å². The van der Waals surface area contributed by atoms with E-state index in [4.69, 9.17) is 4.74 Å². The van der Waals surface area contributed by atoms with Crippen LogP contribution in [0, 0.1) is 6.92 Å². The number of benzene rings is 2. The Balaban J connectivity index is 1.50. The summed E-state index contributed by atoms with van der Waals surface area (Å²) in [6.45, 7) is 6.31. The zero-order valence-corrected chi connectivity index (χ0v) is 17.3. The Morgan fingerprint density at radius 1 is 1.07 bits per heavy atom. The molecule has 5 rings (SSSR count). The summed E-state index contributed by atoms with van der Waals surface area (Å²) >= 11 is 2.05. The Bertz CT molecular complexity index is 1160. The van der Waals surface area contributed by atoms with E-state index in [9.17, 15) is 0 Å². The fraction of sp³-hybridized carbons (Fsp3) is 0.348. The van der Waals surface area contributed by atoms with E-state index in [1.54, 1.807) is 0 Å². The predicted molar refractivity (Wildman–Crippen MR) is 120 cm³/mol. The Morgan fingerprint density at radius 3 is 2.79 bits per heavy atom. The third-order valence-electron chi connectivity index (χ3n) is 5.90. The number of pyridine rings is 1. The number of fused-ring (bicyclic) bond motifs is 4. The average molecular weight is 392 g/mol. The van der Waals surface area contributed by atoms with Gasteiger partial charge in [0, 0.05) is 72.3 Å². The minimum Gasteiger partial charge on any atom is -0.492 e. The van der Waals surface area contributed by atoms with Gasteiger partial charge in [-0.2, -0.15) is 11.8 Å². The highest BCUT2D eigenvalue weighted by Crippen LogP contribution is 2.36. The Hall–Kier alpha value is -2.24. The van der Waals surface area contributed by atoms with Gasteiger partial charge in [-0.25, -0.2) is 0 Å². The van der Waals surface area contributed by atoms with Crippen LogP contribution < -0.4 is 4.74 Å². The molecular formula is C23H25N3OS. The van der Waals surface area contributed by atoms with Gasteiger partial charge in [0.25, 0.3) is 0 Å². The minimum absolute atomic E-state index is 0.743. The van der Waals surface area contributed by atoms with Gasteiger partial charge < -0.3 is 9.30 Å². The maximum atomic E-state index is 6.12. The summed E-state index contributed by atoms with van der Waals surface area (Å²) < 4.78 is 8.42. The van der Waals surface area contributed by atoms with Gasteiger partial charge in [0.15, 0.2) is 0 Å². The van der Waals surface area contributed by atoms with Crippen molar-refractivity contribution in [2.24, 2.45) is 7.05 Å². The van der Waals surface area contributed by atoms with Crippen LogP contribution in [0.15, 0.2) is 42.7 Å². The molecule has 4 nitrogen and oxygen atoms in total. The van der Waals surface area contributed by atoms with E-state index in [1.807, 2.05) is 24.2 Å². The molecular weight excluding hydrogens is 366 g/mol. The largest absolute Gasteiger partial charge is 0.492 e. The van der Waals surface area contributed by atoms with E-state index in [1.165, 1.54) is 62.7 Å². The lowest BCUT2D eigenvalue weighted by molar-refractivity contribution is 0.222. The molecule has 2 aromatic carbocycles. The van der Waals surface area contributed by atoms with Crippen molar-refractivity contribution < 1.29 is 4.74 Å². The maximum Gasteiger partial charge on any atom is 0.120 e. The van der Waals surface area contributed by atoms with Crippen LogP contribution in [0.3, 0.4) is 0 Å². The first-order valence-corrected chi connectivity index (χ1v) is 11.1. The molecule has 0 unspecified atom stereocenters. The second kappa shape index (κ2) is 7.30. The van der Waals surface area contributed by atoms with E-state index in [-0.39, 0.29) is 0 Å². The second-order valence-corrected chi connectivity index (χ2v) is 8.76. The van der Waals surface area contributed by atoms with Crippen molar-refractivity contribution in [1.82, 2.24) is 14.5 Å². The van der Waals surface area contributed by atoms with Crippen LogP contribution in [0.5, 0.6) is 5.75 Å². The molecule has 0 aliphatic carbocycles. The molecule has 0 spiro atoms. The van der Waals surface area contributed by atoms with Crippen LogP contribution in [-0.2, 0) is 7.05 Å². The van der Waals surface area contributed by atoms with Crippen LogP contribution >= 0.6 is 11.8 Å². The standard InChI is InChI=1S/C23H25N3OS/c1-16-19-5-6-24-15-17(19)13-21-20-14-18(3-4-22(20)25(2)23(16)21)27-10-7-26-8-11-28-12-9-26/h3-6,13-15H,7-12H2,1-2H3. The zero-order valence-electron chi connectivity index (χ0n) is 16.4. The average Bonchev–Trinajstić information content (AvgIpc) is 3.01. The molecule has 3 heterocycles. The molecule has 0 saturated carbocycles. The number of rotatable bonds is 4. The first-order valence-electron chi connectivity index (χ1n) is 9.91. The van der Waals surface area contributed by atoms with Crippen molar-refractivity contribution in [3.05, 3.63) is 48.3 Å². The van der Waals surface area contributed by atoms with E-state index >= 15 is 0 Å². The molecule has 1 fully saturated rings. The SMILES string of the molecule is Cc1c2ccncc2cc2c3cc(OCCN4CCSCC4)ccc3n(C)c12. The molecule has 0 N–H and O–H groups in total. The van der Waals surface area contributed by atoms with E-state index in [0.29, 0.717) is 0 Å². The molecule has 2 aromatic heterocycles. The maximum absolute atomic E-state index is 6.12. The van der Waals surface area contributed by atoms with Crippen LogP contribution in [-0.4, -0.2) is 52.2 Å². The molecule has 4 aromatic rings. The molecule has 0 bridgehead atoms. The third-order valence-corrected chi connectivity index (χ3v) is 6.84. The zero-order chi connectivity index (χ0) is 19.1. The highest BCUT2D eigenvalue weighted by molar-refractivity contribution is 7.99. The quantitative estimate of drug-likeness (QED) is 0.508. The van der Waals surface area contributed by atoms with Gasteiger partial charge >= 0.3 is 0 Å². The molecule has 1 saturated heterocycles. The third kappa shape index (κ3) is 3.03. The normalized spacial score (nSPS) is 15.6. The monoisotopic (exact) mass is 391 g/mol. The summed E-state index contributed by atoms with van der Waals surface area (Å²) in [5.74, 6) is 3.43. The summed E-state index contributed by atoms with van der Waals surface area (Å²) in [4.78, 5) is 6.81. The molecule has 28 heavy (non-hydrogen) atoms. The number of hydrogen-bond acceptors (Lipinski definition) is 4.